The summed E-state index contributed by atoms with van der Waals surface area (Å²) in [6, 6.07) is -1.11. The van der Waals surface area contributed by atoms with Gasteiger partial charge in [-0.1, -0.05) is 45.4 Å². The molecule has 300 valence electrons. The second-order valence-electron chi connectivity index (χ2n) is 16.6. The molecule has 53 heavy (non-hydrogen) atoms. The van der Waals surface area contributed by atoms with Gasteiger partial charge in [-0.05, 0) is 95.0 Å². The molecule has 0 radical (unpaired) electrons. The van der Waals surface area contributed by atoms with Crippen LogP contribution >= 0.6 is 0 Å². The Bertz CT molecular complexity index is 1360. The molecule has 12 nitrogen and oxygen atoms in total. The molecule has 2 unspecified atom stereocenters. The van der Waals surface area contributed by atoms with Crippen LogP contribution in [-0.2, 0) is 38.1 Å². The number of aliphatic hydroxyl groups is 3. The molecule has 0 spiro atoms. The van der Waals surface area contributed by atoms with E-state index in [0.717, 1.165) is 24.8 Å². The van der Waals surface area contributed by atoms with Gasteiger partial charge in [-0.15, -0.1) is 0 Å². The Morgan fingerprint density at radius 2 is 1.66 bits per heavy atom. The third kappa shape index (κ3) is 10.2. The number of ketones is 2. The van der Waals surface area contributed by atoms with Crippen LogP contribution in [0.15, 0.2) is 23.3 Å². The standard InChI is InChI=1S/C41H65NO11/c1-23-15-24(2)17-34(50-7)37-35(51-8)19-27(5)41(49,53-37)38(46)39(47)42-14-10-9-11-31(42)40(48)52-36(26(4)18-29-12-13-30(20-29)22-43)28(6)33(45)21-32(44)25(3)16-23/h16,18,24-25,27-31,33-37,43,45,49H,9-15,17,19-22H2,1-8H3/b23-16+,26-18+/t24-,25+,27+,28+,29-,30?,31-,33-,34-,35-,36?,37+,41+/m0/s1. The molecule has 1 saturated carbocycles. The third-order valence-corrected chi connectivity index (χ3v) is 12.3. The number of carbonyl (C=O) groups is 4. The monoisotopic (exact) mass is 747 g/mol. The number of amides is 1. The number of fused-ring (bicyclic) bond motifs is 3. The Morgan fingerprint density at radius 3 is 2.30 bits per heavy atom. The number of rotatable bonds is 5. The molecule has 2 bridgehead atoms. The molecule has 3 heterocycles. The van der Waals surface area contributed by atoms with E-state index in [2.05, 4.69) is 0 Å². The van der Waals surface area contributed by atoms with Crippen LogP contribution < -0.4 is 0 Å². The summed E-state index contributed by atoms with van der Waals surface area (Å²) in [5, 5.41) is 33.2. The maximum absolute atomic E-state index is 14.2. The van der Waals surface area contributed by atoms with Crippen LogP contribution in [0.3, 0.4) is 0 Å². The van der Waals surface area contributed by atoms with Gasteiger partial charge in [-0.2, -0.15) is 0 Å². The van der Waals surface area contributed by atoms with Gasteiger partial charge in [0.15, 0.2) is 0 Å². The first-order valence-electron chi connectivity index (χ1n) is 19.7. The summed E-state index contributed by atoms with van der Waals surface area (Å²) in [6.45, 7) is 11.3. The van der Waals surface area contributed by atoms with Crippen molar-refractivity contribution in [1.82, 2.24) is 4.90 Å². The summed E-state index contributed by atoms with van der Waals surface area (Å²) in [5.41, 5.74) is 1.70. The van der Waals surface area contributed by atoms with Crippen LogP contribution in [0, 0.1) is 35.5 Å². The number of cyclic esters (lactones) is 1. The van der Waals surface area contributed by atoms with E-state index >= 15 is 0 Å². The lowest BCUT2D eigenvalue weighted by atomic mass is 9.82. The van der Waals surface area contributed by atoms with Crippen molar-refractivity contribution >= 4 is 23.4 Å². The Morgan fingerprint density at radius 1 is 0.981 bits per heavy atom. The van der Waals surface area contributed by atoms with Crippen molar-refractivity contribution in [2.24, 2.45) is 35.5 Å². The van der Waals surface area contributed by atoms with Gasteiger partial charge in [-0.25, -0.2) is 4.79 Å². The van der Waals surface area contributed by atoms with E-state index in [4.69, 9.17) is 18.9 Å². The van der Waals surface area contributed by atoms with Gasteiger partial charge in [0.05, 0.1) is 18.3 Å². The summed E-state index contributed by atoms with van der Waals surface area (Å²) in [4.78, 5) is 57.1. The first-order chi connectivity index (χ1) is 25.0. The molecule has 4 aliphatic rings. The minimum atomic E-state index is -2.48. The fourth-order valence-corrected chi connectivity index (χ4v) is 9.05. The van der Waals surface area contributed by atoms with Gasteiger partial charge in [0.1, 0.15) is 24.0 Å². The molecule has 0 aromatic rings. The number of ether oxygens (including phenoxy) is 4. The fourth-order valence-electron chi connectivity index (χ4n) is 9.05. The van der Waals surface area contributed by atoms with Crippen molar-refractivity contribution < 1.29 is 53.4 Å². The van der Waals surface area contributed by atoms with Crippen LogP contribution in [0.1, 0.15) is 106 Å². The van der Waals surface area contributed by atoms with Crippen molar-refractivity contribution in [1.29, 1.82) is 0 Å². The third-order valence-electron chi connectivity index (χ3n) is 12.3. The summed E-state index contributed by atoms with van der Waals surface area (Å²) in [7, 11) is 3.06. The van der Waals surface area contributed by atoms with E-state index in [1.165, 1.54) is 19.1 Å². The molecule has 13 atom stereocenters. The summed E-state index contributed by atoms with van der Waals surface area (Å²) < 4.78 is 24.1. The van der Waals surface area contributed by atoms with Crippen molar-refractivity contribution in [3.8, 4) is 0 Å². The van der Waals surface area contributed by atoms with Crippen LogP contribution in [-0.4, -0.2) is 113 Å². The lowest BCUT2D eigenvalue weighted by Crippen LogP contribution is -2.64. The van der Waals surface area contributed by atoms with Gasteiger partial charge >= 0.3 is 5.97 Å². The fraction of sp³-hybridized carbons (Fsp3) is 0.805. The minimum absolute atomic E-state index is 0.0458. The Hall–Kier alpha value is -2.48. The zero-order valence-electron chi connectivity index (χ0n) is 33.1. The number of piperidine rings is 1. The molecular weight excluding hydrogens is 682 g/mol. The van der Waals surface area contributed by atoms with Crippen LogP contribution in [0.4, 0.5) is 0 Å². The van der Waals surface area contributed by atoms with Crippen molar-refractivity contribution in [3.63, 3.8) is 0 Å². The first-order valence-corrected chi connectivity index (χ1v) is 19.7. The zero-order valence-corrected chi connectivity index (χ0v) is 33.1. The highest BCUT2D eigenvalue weighted by atomic mass is 16.7. The maximum Gasteiger partial charge on any atom is 0.329 e. The number of hydrogen-bond acceptors (Lipinski definition) is 11. The minimum Gasteiger partial charge on any atom is -0.456 e. The molecule has 0 aromatic heterocycles. The number of Topliss-reactive ketones (excluding diaryl/α,β-unsaturated/α-hetero) is 2. The molecule has 3 fully saturated rings. The highest BCUT2D eigenvalue weighted by Crippen LogP contribution is 2.39. The number of nitrogens with zero attached hydrogens (tertiary/aromatic N) is 1. The number of methoxy groups -OCH3 is 2. The van der Waals surface area contributed by atoms with E-state index < -0.39 is 77.8 Å². The largest absolute Gasteiger partial charge is 0.456 e. The molecule has 3 aliphatic heterocycles. The van der Waals surface area contributed by atoms with Crippen LogP contribution in [0.2, 0.25) is 0 Å². The van der Waals surface area contributed by atoms with Gasteiger partial charge in [0.2, 0.25) is 5.79 Å². The lowest BCUT2D eigenvalue weighted by Gasteiger charge is -2.47. The van der Waals surface area contributed by atoms with E-state index in [0.29, 0.717) is 31.3 Å². The molecule has 3 N–H and O–H groups in total. The quantitative estimate of drug-likeness (QED) is 0.208. The number of allylic oxidation sites excluding steroid dienone is 3. The summed E-state index contributed by atoms with van der Waals surface area (Å²) in [5.74, 6) is -7.08. The van der Waals surface area contributed by atoms with Gasteiger partial charge in [-0.3, -0.25) is 14.4 Å². The number of hydrogen-bond donors (Lipinski definition) is 3. The van der Waals surface area contributed by atoms with Crippen molar-refractivity contribution in [2.75, 3.05) is 27.4 Å². The lowest BCUT2D eigenvalue weighted by molar-refractivity contribution is -0.302. The maximum atomic E-state index is 14.2. The highest BCUT2D eigenvalue weighted by Gasteiger charge is 2.56. The molecule has 1 amide bonds. The van der Waals surface area contributed by atoms with Gasteiger partial charge < -0.3 is 39.2 Å². The predicted molar refractivity (Wildman–Crippen MR) is 197 cm³/mol. The molecule has 12 heteroatoms. The van der Waals surface area contributed by atoms with Gasteiger partial charge in [0, 0.05) is 51.5 Å². The first kappa shape index (κ1) is 43.3. The highest BCUT2D eigenvalue weighted by molar-refractivity contribution is 6.39. The Kier molecular flexibility index (Phi) is 15.4. The normalized spacial score (nSPS) is 41.6. The predicted octanol–water partition coefficient (Wildman–Crippen LogP) is 4.32. The topological polar surface area (TPSA) is 169 Å². The SMILES string of the molecule is CO[C@H]1C[C@@H](C)C/C(C)=C/[C@@H](C)C(=O)C[C@H](O)[C@@H](C)C(/C(C)=C/[C@@H]2CCC(CO)C2)OC(=O)[C@@H]2CCCCN2C(=O)C(=O)[C@]2(O)O[C@H]1[C@@H](OC)C[C@H]2C. The smallest absolute Gasteiger partial charge is 0.329 e. The second kappa shape index (κ2) is 18.9. The number of esters is 1. The summed E-state index contributed by atoms with van der Waals surface area (Å²) >= 11 is 0. The average molecular weight is 748 g/mol. The van der Waals surface area contributed by atoms with E-state index in [-0.39, 0.29) is 56.0 Å². The summed E-state index contributed by atoms with van der Waals surface area (Å²) in [6.07, 6.45) is 5.06. The Balaban J connectivity index is 1.74. The zero-order chi connectivity index (χ0) is 39.2. The molecule has 1 aliphatic carbocycles. The number of carbonyl (C=O) groups excluding carboxylic acids is 4. The molecule has 2 saturated heterocycles. The van der Waals surface area contributed by atoms with Crippen molar-refractivity contribution in [3.05, 3.63) is 23.3 Å². The van der Waals surface area contributed by atoms with Crippen LogP contribution in [0.5, 0.6) is 0 Å². The average Bonchev–Trinajstić information content (AvgIpc) is 3.59. The Labute approximate surface area is 315 Å². The molecular formula is C41H65NO11. The van der Waals surface area contributed by atoms with E-state index in [1.54, 1.807) is 13.8 Å². The second-order valence-corrected chi connectivity index (χ2v) is 16.6. The number of aliphatic hydroxyl groups excluding tert-OH is 2. The van der Waals surface area contributed by atoms with Crippen molar-refractivity contribution in [2.45, 2.75) is 148 Å². The van der Waals surface area contributed by atoms with Gasteiger partial charge in [0.25, 0.3) is 11.7 Å². The van der Waals surface area contributed by atoms with E-state index in [1.807, 2.05) is 39.8 Å². The van der Waals surface area contributed by atoms with Crippen LogP contribution in [0.25, 0.3) is 0 Å². The van der Waals surface area contributed by atoms with E-state index in [9.17, 15) is 34.5 Å². The molecule has 0 aromatic carbocycles. The molecule has 4 rings (SSSR count).